The number of rotatable bonds is 4. The standard InChI is InChI=1S/C16H22N2O2/c1-2-20-16(19)12-3-5-14(6-4-12)17-15-8-10-18-9-7-13(15)11-18/h3-6,13,15,17H,2,7-11H2,1H3. The number of nitrogens with zero attached hydrogens (tertiary/aromatic N) is 1. The van der Waals surface area contributed by atoms with Crippen LogP contribution in [-0.2, 0) is 4.74 Å². The molecule has 0 saturated carbocycles. The molecular formula is C16H22N2O2. The summed E-state index contributed by atoms with van der Waals surface area (Å²) in [6.45, 7) is 5.93. The first-order valence-corrected chi connectivity index (χ1v) is 7.52. The molecular weight excluding hydrogens is 252 g/mol. The highest BCUT2D eigenvalue weighted by Crippen LogP contribution is 2.29. The minimum atomic E-state index is -0.247. The Morgan fingerprint density at radius 1 is 1.30 bits per heavy atom. The summed E-state index contributed by atoms with van der Waals surface area (Å²) < 4.78 is 4.99. The predicted octanol–water partition coefficient (Wildman–Crippen LogP) is 2.37. The molecule has 3 unspecified atom stereocenters. The summed E-state index contributed by atoms with van der Waals surface area (Å²) in [5.41, 5.74) is 1.72. The van der Waals surface area contributed by atoms with Gasteiger partial charge in [-0.1, -0.05) is 0 Å². The summed E-state index contributed by atoms with van der Waals surface area (Å²) in [5, 5.41) is 3.63. The Labute approximate surface area is 120 Å². The number of hydrogen-bond acceptors (Lipinski definition) is 4. The molecule has 1 aromatic carbocycles. The van der Waals surface area contributed by atoms with Crippen LogP contribution in [-0.4, -0.2) is 43.2 Å². The van der Waals surface area contributed by atoms with Crippen LogP contribution >= 0.6 is 0 Å². The molecule has 4 heteroatoms. The van der Waals surface area contributed by atoms with Gasteiger partial charge in [0.25, 0.3) is 0 Å². The van der Waals surface area contributed by atoms with Crippen molar-refractivity contribution in [2.75, 3.05) is 31.6 Å². The highest BCUT2D eigenvalue weighted by Gasteiger charge is 2.33. The summed E-state index contributed by atoms with van der Waals surface area (Å²) in [6, 6.07) is 8.21. The molecule has 1 N–H and O–H groups in total. The second kappa shape index (κ2) is 5.83. The molecule has 2 aliphatic heterocycles. The molecule has 2 fully saturated rings. The first-order chi connectivity index (χ1) is 9.76. The summed E-state index contributed by atoms with van der Waals surface area (Å²) in [4.78, 5) is 14.2. The van der Waals surface area contributed by atoms with Crippen LogP contribution in [0.25, 0.3) is 0 Å². The van der Waals surface area contributed by atoms with Gasteiger partial charge in [-0.3, -0.25) is 0 Å². The van der Waals surface area contributed by atoms with Crippen LogP contribution in [0.1, 0.15) is 30.1 Å². The van der Waals surface area contributed by atoms with Gasteiger partial charge in [0.1, 0.15) is 0 Å². The molecule has 0 aliphatic carbocycles. The van der Waals surface area contributed by atoms with E-state index in [1.165, 1.54) is 32.5 Å². The Kier molecular flexibility index (Phi) is 3.92. The molecule has 0 amide bonds. The van der Waals surface area contributed by atoms with Gasteiger partial charge in [-0.25, -0.2) is 4.79 Å². The van der Waals surface area contributed by atoms with Crippen LogP contribution in [0, 0.1) is 5.92 Å². The van der Waals surface area contributed by atoms with Crippen LogP contribution in [0.15, 0.2) is 24.3 Å². The van der Waals surface area contributed by atoms with Crippen molar-refractivity contribution in [2.45, 2.75) is 25.8 Å². The van der Waals surface area contributed by atoms with Crippen molar-refractivity contribution in [3.05, 3.63) is 29.8 Å². The number of carbonyl (C=O) groups is 1. The van der Waals surface area contributed by atoms with Crippen molar-refractivity contribution in [3.8, 4) is 0 Å². The lowest BCUT2D eigenvalue weighted by Gasteiger charge is -2.31. The topological polar surface area (TPSA) is 41.6 Å². The van der Waals surface area contributed by atoms with Crippen LogP contribution in [0.2, 0.25) is 0 Å². The molecule has 0 aromatic heterocycles. The van der Waals surface area contributed by atoms with E-state index in [0.717, 1.165) is 11.6 Å². The third-order valence-corrected chi connectivity index (χ3v) is 4.38. The van der Waals surface area contributed by atoms with Crippen molar-refractivity contribution in [1.29, 1.82) is 0 Å². The molecule has 3 rings (SSSR count). The van der Waals surface area contributed by atoms with Crippen LogP contribution in [0.5, 0.6) is 0 Å². The number of ether oxygens (including phenoxy) is 1. The highest BCUT2D eigenvalue weighted by atomic mass is 16.5. The molecule has 2 aliphatic rings. The van der Waals surface area contributed by atoms with E-state index in [-0.39, 0.29) is 5.97 Å². The Balaban J connectivity index is 1.62. The molecule has 20 heavy (non-hydrogen) atoms. The van der Waals surface area contributed by atoms with Gasteiger partial charge < -0.3 is 15.0 Å². The smallest absolute Gasteiger partial charge is 0.338 e. The number of carbonyl (C=O) groups excluding carboxylic acids is 1. The monoisotopic (exact) mass is 274 g/mol. The van der Waals surface area contributed by atoms with Gasteiger partial charge in [0, 0.05) is 24.8 Å². The van der Waals surface area contributed by atoms with E-state index in [1.807, 2.05) is 31.2 Å². The first kappa shape index (κ1) is 13.4. The van der Waals surface area contributed by atoms with Crippen molar-refractivity contribution in [1.82, 2.24) is 4.90 Å². The Morgan fingerprint density at radius 2 is 2.05 bits per heavy atom. The zero-order valence-corrected chi connectivity index (χ0v) is 12.0. The van der Waals surface area contributed by atoms with Gasteiger partial charge in [0.05, 0.1) is 12.2 Å². The number of benzene rings is 1. The molecule has 0 spiro atoms. The zero-order chi connectivity index (χ0) is 13.9. The number of nitrogens with one attached hydrogen (secondary N) is 1. The van der Waals surface area contributed by atoms with E-state index < -0.39 is 0 Å². The lowest BCUT2D eigenvalue weighted by atomic mass is 9.94. The number of piperidine rings is 1. The molecule has 3 atom stereocenters. The van der Waals surface area contributed by atoms with Gasteiger partial charge in [-0.2, -0.15) is 0 Å². The molecule has 108 valence electrons. The van der Waals surface area contributed by atoms with Gasteiger partial charge in [0.2, 0.25) is 0 Å². The Hall–Kier alpha value is -1.55. The van der Waals surface area contributed by atoms with E-state index in [4.69, 9.17) is 4.74 Å². The third-order valence-electron chi connectivity index (χ3n) is 4.38. The van der Waals surface area contributed by atoms with Gasteiger partial charge in [0.15, 0.2) is 0 Å². The molecule has 1 aromatic rings. The van der Waals surface area contributed by atoms with Crippen molar-refractivity contribution in [2.24, 2.45) is 5.92 Å². The normalized spacial score (nSPS) is 28.1. The van der Waals surface area contributed by atoms with Crippen molar-refractivity contribution in [3.63, 3.8) is 0 Å². The molecule has 0 radical (unpaired) electrons. The van der Waals surface area contributed by atoms with Gasteiger partial charge in [-0.05, 0) is 56.5 Å². The summed E-state index contributed by atoms with van der Waals surface area (Å²) in [6.07, 6.45) is 2.52. The van der Waals surface area contributed by atoms with Crippen LogP contribution < -0.4 is 5.32 Å². The quantitative estimate of drug-likeness (QED) is 0.856. The fourth-order valence-electron chi connectivity index (χ4n) is 3.27. The SMILES string of the molecule is CCOC(=O)c1ccc(NC2CCN3CCC2C3)cc1. The second-order valence-corrected chi connectivity index (χ2v) is 5.69. The van der Waals surface area contributed by atoms with Crippen molar-refractivity contribution < 1.29 is 9.53 Å². The van der Waals surface area contributed by atoms with Crippen LogP contribution in [0.3, 0.4) is 0 Å². The first-order valence-electron chi connectivity index (χ1n) is 7.52. The minimum absolute atomic E-state index is 0.247. The average molecular weight is 274 g/mol. The number of fused-ring (bicyclic) bond motifs is 2. The summed E-state index contributed by atoms with van der Waals surface area (Å²) >= 11 is 0. The Morgan fingerprint density at radius 3 is 2.80 bits per heavy atom. The molecule has 2 saturated heterocycles. The lowest BCUT2D eigenvalue weighted by Crippen LogP contribution is -2.39. The maximum Gasteiger partial charge on any atom is 0.338 e. The summed E-state index contributed by atoms with van der Waals surface area (Å²) in [7, 11) is 0. The molecule has 2 bridgehead atoms. The van der Waals surface area contributed by atoms with E-state index in [2.05, 4.69) is 10.2 Å². The fraction of sp³-hybridized carbons (Fsp3) is 0.562. The third kappa shape index (κ3) is 2.80. The maximum atomic E-state index is 11.6. The van der Waals surface area contributed by atoms with Crippen molar-refractivity contribution >= 4 is 11.7 Å². The van der Waals surface area contributed by atoms with Gasteiger partial charge >= 0.3 is 5.97 Å². The lowest BCUT2D eigenvalue weighted by molar-refractivity contribution is 0.0526. The van der Waals surface area contributed by atoms with Gasteiger partial charge in [-0.15, -0.1) is 0 Å². The fourth-order valence-corrected chi connectivity index (χ4v) is 3.27. The minimum Gasteiger partial charge on any atom is -0.462 e. The zero-order valence-electron chi connectivity index (χ0n) is 12.0. The van der Waals surface area contributed by atoms with Crippen LogP contribution in [0.4, 0.5) is 5.69 Å². The van der Waals surface area contributed by atoms with E-state index in [9.17, 15) is 4.79 Å². The number of anilines is 1. The summed E-state index contributed by atoms with van der Waals surface area (Å²) in [5.74, 6) is 0.525. The second-order valence-electron chi connectivity index (χ2n) is 5.69. The van der Waals surface area contributed by atoms with E-state index in [0.29, 0.717) is 18.2 Å². The Bertz CT molecular complexity index is 472. The number of esters is 1. The van der Waals surface area contributed by atoms with E-state index in [1.54, 1.807) is 0 Å². The molecule has 2 heterocycles. The van der Waals surface area contributed by atoms with E-state index >= 15 is 0 Å². The largest absolute Gasteiger partial charge is 0.462 e. The highest BCUT2D eigenvalue weighted by molar-refractivity contribution is 5.89. The number of hydrogen-bond donors (Lipinski definition) is 1. The molecule has 4 nitrogen and oxygen atoms in total. The predicted molar refractivity (Wildman–Crippen MR) is 79.0 cm³/mol. The average Bonchev–Trinajstić information content (AvgIpc) is 2.86. The maximum absolute atomic E-state index is 11.6.